The summed E-state index contributed by atoms with van der Waals surface area (Å²) in [6.45, 7) is 8.23. The van der Waals surface area contributed by atoms with Gasteiger partial charge in [-0.25, -0.2) is 9.36 Å². The molecule has 0 saturated carbocycles. The second-order valence-corrected chi connectivity index (χ2v) is 4.20. The molecule has 3 N–H and O–H groups in total. The molecule has 0 heterocycles. The Labute approximate surface area is 102 Å². The number of carbonyl (C=O) groups is 1. The monoisotopic (exact) mass is 268 g/mol. The molecule has 17 heavy (non-hydrogen) atoms. The number of ether oxygens (including phenoxy) is 1. The molecule has 0 fully saturated rings. The summed E-state index contributed by atoms with van der Waals surface area (Å²) in [5, 5.41) is 0. The molecule has 0 unspecified atom stereocenters. The normalized spacial score (nSPS) is 10.1. The molecule has 0 aromatic carbocycles. The van der Waals surface area contributed by atoms with Crippen LogP contribution < -0.4 is 0 Å². The fraction of sp³-hybridized carbons (Fsp3) is 0.700. The van der Waals surface area contributed by atoms with Crippen LogP contribution in [-0.2, 0) is 14.1 Å². The lowest BCUT2D eigenvalue weighted by atomic mass is 10.1. The van der Waals surface area contributed by atoms with E-state index in [1.165, 1.54) is 5.57 Å². The minimum absolute atomic E-state index is 0.170. The van der Waals surface area contributed by atoms with Crippen molar-refractivity contribution in [1.29, 1.82) is 0 Å². The van der Waals surface area contributed by atoms with E-state index in [1.807, 2.05) is 13.8 Å². The smallest absolute Gasteiger partial charge is 0.463 e. The molecule has 0 atom stereocenters. The Hall–Kier alpha value is -0.680. The molecule has 0 aliphatic carbocycles. The van der Waals surface area contributed by atoms with E-state index in [2.05, 4.69) is 13.8 Å². The number of phosphoric acid groups is 1. The average Bonchev–Trinajstić information content (AvgIpc) is 2.17. The number of hydrogen-bond acceptors (Lipinski definition) is 3. The first-order valence-electron chi connectivity index (χ1n) is 5.31. The van der Waals surface area contributed by atoms with Crippen molar-refractivity contribution in [3.8, 4) is 0 Å². The predicted octanol–water partition coefficient (Wildman–Crippen LogP) is 1.76. The third kappa shape index (κ3) is 13.3. The van der Waals surface area contributed by atoms with Crippen molar-refractivity contribution in [1.82, 2.24) is 0 Å². The molecule has 7 heteroatoms. The van der Waals surface area contributed by atoms with Crippen LogP contribution in [0.2, 0.25) is 0 Å². The molecule has 0 amide bonds. The van der Waals surface area contributed by atoms with Gasteiger partial charge < -0.3 is 19.4 Å². The van der Waals surface area contributed by atoms with Gasteiger partial charge in [0, 0.05) is 5.57 Å². The Morgan fingerprint density at radius 1 is 1.12 bits per heavy atom. The third-order valence-electron chi connectivity index (χ3n) is 1.97. The quantitative estimate of drug-likeness (QED) is 0.407. The molecular weight excluding hydrogens is 247 g/mol. The Bertz CT molecular complexity index is 290. The van der Waals surface area contributed by atoms with Crippen LogP contribution in [0.3, 0.4) is 0 Å². The SMILES string of the molecule is CCOC(=O)C(C)=C(CC)CC.O=P(O)(O)O. The van der Waals surface area contributed by atoms with Crippen LogP contribution in [0.25, 0.3) is 0 Å². The molecule has 0 saturated heterocycles. The van der Waals surface area contributed by atoms with E-state index in [0.29, 0.717) is 6.61 Å². The third-order valence-corrected chi connectivity index (χ3v) is 1.97. The Morgan fingerprint density at radius 3 is 1.71 bits per heavy atom. The van der Waals surface area contributed by atoms with Crippen molar-refractivity contribution in [3.05, 3.63) is 11.1 Å². The molecular formula is C10H21O6P. The highest BCUT2D eigenvalue weighted by atomic mass is 31.2. The number of allylic oxidation sites excluding steroid dienone is 1. The number of esters is 1. The molecule has 6 nitrogen and oxygen atoms in total. The van der Waals surface area contributed by atoms with E-state index in [9.17, 15) is 4.79 Å². The summed E-state index contributed by atoms with van der Waals surface area (Å²) in [7, 11) is -4.64. The van der Waals surface area contributed by atoms with Crippen molar-refractivity contribution < 1.29 is 28.8 Å². The van der Waals surface area contributed by atoms with Gasteiger partial charge in [0.2, 0.25) is 0 Å². The Kier molecular flexibility index (Phi) is 10.3. The van der Waals surface area contributed by atoms with Gasteiger partial charge in [-0.05, 0) is 26.7 Å². The van der Waals surface area contributed by atoms with Gasteiger partial charge in [-0.15, -0.1) is 0 Å². The van der Waals surface area contributed by atoms with Gasteiger partial charge >= 0.3 is 13.8 Å². The minimum Gasteiger partial charge on any atom is -0.463 e. The van der Waals surface area contributed by atoms with Crippen LogP contribution in [-0.4, -0.2) is 27.3 Å². The van der Waals surface area contributed by atoms with Gasteiger partial charge in [-0.3, -0.25) is 0 Å². The first-order valence-corrected chi connectivity index (χ1v) is 6.87. The van der Waals surface area contributed by atoms with Crippen LogP contribution in [0, 0.1) is 0 Å². The molecule has 0 aliphatic rings. The molecule has 0 aliphatic heterocycles. The molecule has 0 bridgehead atoms. The van der Waals surface area contributed by atoms with Crippen molar-refractivity contribution in [3.63, 3.8) is 0 Å². The van der Waals surface area contributed by atoms with Gasteiger partial charge in [0.25, 0.3) is 0 Å². The lowest BCUT2D eigenvalue weighted by Gasteiger charge is -2.06. The van der Waals surface area contributed by atoms with Gasteiger partial charge in [0.05, 0.1) is 6.61 Å². The summed E-state index contributed by atoms with van der Waals surface area (Å²) < 4.78 is 13.8. The maximum absolute atomic E-state index is 11.2. The maximum Gasteiger partial charge on any atom is 0.466 e. The van der Waals surface area contributed by atoms with Crippen molar-refractivity contribution in [2.45, 2.75) is 40.5 Å². The largest absolute Gasteiger partial charge is 0.466 e. The predicted molar refractivity (Wildman–Crippen MR) is 64.2 cm³/mol. The molecule has 0 rings (SSSR count). The number of carbonyl (C=O) groups excluding carboxylic acids is 1. The Balaban J connectivity index is 0. The van der Waals surface area contributed by atoms with Crippen LogP contribution in [0.15, 0.2) is 11.1 Å². The van der Waals surface area contributed by atoms with E-state index >= 15 is 0 Å². The molecule has 0 aromatic rings. The number of rotatable bonds is 4. The van der Waals surface area contributed by atoms with Crippen molar-refractivity contribution >= 4 is 13.8 Å². The van der Waals surface area contributed by atoms with Crippen LogP contribution in [0.5, 0.6) is 0 Å². The van der Waals surface area contributed by atoms with Crippen LogP contribution in [0.4, 0.5) is 0 Å². The Morgan fingerprint density at radius 2 is 1.47 bits per heavy atom. The molecule has 0 aromatic heterocycles. The fourth-order valence-electron chi connectivity index (χ4n) is 1.16. The molecule has 102 valence electrons. The summed E-state index contributed by atoms with van der Waals surface area (Å²) in [6, 6.07) is 0. The highest BCUT2D eigenvalue weighted by Crippen LogP contribution is 2.25. The minimum atomic E-state index is -4.64. The van der Waals surface area contributed by atoms with E-state index in [1.54, 1.807) is 0 Å². The fourth-order valence-corrected chi connectivity index (χ4v) is 1.16. The lowest BCUT2D eigenvalue weighted by Crippen LogP contribution is -2.07. The zero-order valence-corrected chi connectivity index (χ0v) is 11.5. The lowest BCUT2D eigenvalue weighted by molar-refractivity contribution is -0.138. The van der Waals surface area contributed by atoms with Gasteiger partial charge in [-0.1, -0.05) is 19.4 Å². The number of hydrogen-bond donors (Lipinski definition) is 3. The molecule has 0 spiro atoms. The summed E-state index contributed by atoms with van der Waals surface area (Å²) >= 11 is 0. The summed E-state index contributed by atoms with van der Waals surface area (Å²) in [6.07, 6.45) is 1.86. The first kappa shape index (κ1) is 18.7. The van der Waals surface area contributed by atoms with E-state index in [-0.39, 0.29) is 5.97 Å². The molecule has 0 radical (unpaired) electrons. The van der Waals surface area contributed by atoms with E-state index < -0.39 is 7.82 Å². The highest BCUT2D eigenvalue weighted by Gasteiger charge is 2.08. The maximum atomic E-state index is 11.2. The van der Waals surface area contributed by atoms with Crippen LogP contribution >= 0.6 is 7.82 Å². The van der Waals surface area contributed by atoms with Crippen molar-refractivity contribution in [2.24, 2.45) is 0 Å². The second kappa shape index (κ2) is 9.36. The van der Waals surface area contributed by atoms with Gasteiger partial charge in [-0.2, -0.15) is 0 Å². The standard InChI is InChI=1S/C10H18O2.H3O4P/c1-5-9(6-2)8(4)10(11)12-7-3;1-5(2,3)4/h5-7H2,1-4H3;(H3,1,2,3,4). The van der Waals surface area contributed by atoms with Gasteiger partial charge in [0.15, 0.2) is 0 Å². The zero-order valence-electron chi connectivity index (χ0n) is 10.6. The van der Waals surface area contributed by atoms with Crippen molar-refractivity contribution in [2.75, 3.05) is 6.61 Å². The van der Waals surface area contributed by atoms with E-state index in [4.69, 9.17) is 24.0 Å². The summed E-state index contributed by atoms with van der Waals surface area (Å²) in [5.74, 6) is -0.170. The topological polar surface area (TPSA) is 104 Å². The first-order chi connectivity index (χ1) is 7.67. The van der Waals surface area contributed by atoms with E-state index in [0.717, 1.165) is 18.4 Å². The zero-order chi connectivity index (χ0) is 14.1. The van der Waals surface area contributed by atoms with Crippen LogP contribution in [0.1, 0.15) is 40.5 Å². The summed E-state index contributed by atoms with van der Waals surface area (Å²) in [4.78, 5) is 32.8. The summed E-state index contributed by atoms with van der Waals surface area (Å²) in [5.41, 5.74) is 1.97. The highest BCUT2D eigenvalue weighted by molar-refractivity contribution is 7.45. The van der Waals surface area contributed by atoms with Gasteiger partial charge in [0.1, 0.15) is 0 Å². The average molecular weight is 268 g/mol. The second-order valence-electron chi connectivity index (χ2n) is 3.17.